The lowest BCUT2D eigenvalue weighted by Gasteiger charge is -2.15. The molecule has 2 aliphatic rings. The molecule has 1 aliphatic heterocycles. The first-order chi connectivity index (χ1) is 16.1. The van der Waals surface area contributed by atoms with Crippen LogP contribution in [0.4, 0.5) is 0 Å². The van der Waals surface area contributed by atoms with E-state index in [1.807, 2.05) is 43.3 Å². The smallest absolute Gasteiger partial charge is 0.181 e. The van der Waals surface area contributed by atoms with Gasteiger partial charge in [-0.15, -0.1) is 0 Å². The second kappa shape index (κ2) is 8.15. The molecule has 2 aromatic heterocycles. The summed E-state index contributed by atoms with van der Waals surface area (Å²) in [5.41, 5.74) is 7.05. The van der Waals surface area contributed by atoms with Crippen LogP contribution < -0.4 is 4.74 Å². The summed E-state index contributed by atoms with van der Waals surface area (Å²) in [4.78, 5) is 4.56. The maximum Gasteiger partial charge on any atom is 0.181 e. The highest BCUT2D eigenvalue weighted by atomic mass is 35.5. The van der Waals surface area contributed by atoms with Crippen LogP contribution in [0.2, 0.25) is 5.02 Å². The van der Waals surface area contributed by atoms with Gasteiger partial charge in [-0.2, -0.15) is 0 Å². The van der Waals surface area contributed by atoms with Crippen LogP contribution in [0.15, 0.2) is 47.1 Å². The fraction of sp³-hybridized carbons (Fsp3) is 0.333. The van der Waals surface area contributed by atoms with Crippen LogP contribution in [-0.2, 0) is 19.3 Å². The Labute approximate surface area is 197 Å². The Morgan fingerprint density at radius 3 is 2.88 bits per heavy atom. The van der Waals surface area contributed by atoms with Crippen LogP contribution in [0.3, 0.4) is 0 Å². The number of fused-ring (bicyclic) bond motifs is 3. The minimum Gasteiger partial charge on any atom is -0.481 e. The van der Waals surface area contributed by atoms with Gasteiger partial charge in [0.25, 0.3) is 0 Å². The van der Waals surface area contributed by atoms with E-state index in [-0.39, 0.29) is 6.10 Å². The van der Waals surface area contributed by atoms with Gasteiger partial charge in [-0.25, -0.2) is 0 Å². The molecule has 0 fully saturated rings. The lowest BCUT2D eigenvalue weighted by atomic mass is 9.93. The third-order valence-electron chi connectivity index (χ3n) is 6.91. The van der Waals surface area contributed by atoms with Crippen molar-refractivity contribution in [3.05, 3.63) is 75.8 Å². The number of aryl methyl sites for hydroxylation is 1. The molecular formula is C27H25ClN2O3. The van der Waals surface area contributed by atoms with Crippen LogP contribution in [-0.4, -0.2) is 15.2 Å². The Morgan fingerprint density at radius 1 is 1.12 bits per heavy atom. The van der Waals surface area contributed by atoms with Gasteiger partial charge in [0.2, 0.25) is 0 Å². The van der Waals surface area contributed by atoms with E-state index in [0.29, 0.717) is 17.9 Å². The first kappa shape index (κ1) is 20.7. The molecule has 1 N–H and O–H groups in total. The number of benzene rings is 2. The van der Waals surface area contributed by atoms with E-state index >= 15 is 0 Å². The van der Waals surface area contributed by atoms with Crippen LogP contribution in [0, 0.1) is 0 Å². The molecule has 168 valence electrons. The normalized spacial score (nSPS) is 18.1. The summed E-state index contributed by atoms with van der Waals surface area (Å²) in [7, 11) is 0. The SMILES string of the molecule is CCC(O)c1ccc2c(-c3cc(Cl)cc4c3O[C@@H](c3onc5c3CCCC5)C4)ccnc2c1. The summed E-state index contributed by atoms with van der Waals surface area (Å²) >= 11 is 6.56. The highest BCUT2D eigenvalue weighted by Crippen LogP contribution is 2.47. The second-order valence-corrected chi connectivity index (χ2v) is 9.43. The van der Waals surface area contributed by atoms with Crippen molar-refractivity contribution >= 4 is 22.5 Å². The third kappa shape index (κ3) is 3.51. The number of rotatable bonds is 4. The highest BCUT2D eigenvalue weighted by Gasteiger charge is 2.34. The molecule has 2 aromatic carbocycles. The largest absolute Gasteiger partial charge is 0.481 e. The maximum absolute atomic E-state index is 10.3. The standard InChI is InChI=1S/C27H25ClN2O3/c1-2-24(31)15-7-8-19-18(9-10-29-23(19)12-15)21-14-17(28)11-16-13-25(32-26(16)21)27-20-5-3-4-6-22(20)30-33-27/h7-12,14,24-25,31H,2-6,13H2,1H3/t24?,25-/m1/s1. The monoisotopic (exact) mass is 460 g/mol. The Kier molecular flexibility index (Phi) is 5.11. The van der Waals surface area contributed by atoms with Gasteiger partial charge in [0, 0.05) is 39.7 Å². The quantitative estimate of drug-likeness (QED) is 0.374. The predicted molar refractivity (Wildman–Crippen MR) is 128 cm³/mol. The first-order valence-corrected chi connectivity index (χ1v) is 12.0. The molecule has 1 aliphatic carbocycles. The van der Waals surface area contributed by atoms with Gasteiger partial charge in [0.15, 0.2) is 11.9 Å². The molecule has 2 atom stereocenters. The number of aliphatic hydroxyl groups is 1. The summed E-state index contributed by atoms with van der Waals surface area (Å²) < 4.78 is 12.3. The number of nitrogens with zero attached hydrogens (tertiary/aromatic N) is 2. The molecule has 0 amide bonds. The van der Waals surface area contributed by atoms with Gasteiger partial charge < -0.3 is 14.4 Å². The van der Waals surface area contributed by atoms with Gasteiger partial charge in [-0.1, -0.05) is 35.8 Å². The number of aliphatic hydroxyl groups excluding tert-OH is 1. The first-order valence-electron chi connectivity index (χ1n) is 11.7. The van der Waals surface area contributed by atoms with Crippen LogP contribution in [0.5, 0.6) is 5.75 Å². The van der Waals surface area contributed by atoms with E-state index in [1.165, 1.54) is 5.56 Å². The van der Waals surface area contributed by atoms with Crippen molar-refractivity contribution in [2.24, 2.45) is 0 Å². The minimum absolute atomic E-state index is 0.189. The summed E-state index contributed by atoms with van der Waals surface area (Å²) in [6.45, 7) is 1.97. The van der Waals surface area contributed by atoms with E-state index in [0.717, 1.165) is 76.0 Å². The molecule has 3 heterocycles. The van der Waals surface area contributed by atoms with Gasteiger partial charge in [0.05, 0.1) is 17.3 Å². The van der Waals surface area contributed by atoms with Crippen molar-refractivity contribution in [3.63, 3.8) is 0 Å². The van der Waals surface area contributed by atoms with E-state index in [2.05, 4.69) is 10.1 Å². The summed E-state index contributed by atoms with van der Waals surface area (Å²) in [6, 6.07) is 11.9. The fourth-order valence-corrected chi connectivity index (χ4v) is 5.42. The van der Waals surface area contributed by atoms with Crippen molar-refractivity contribution in [2.45, 2.75) is 57.7 Å². The number of hydrogen-bond acceptors (Lipinski definition) is 5. The summed E-state index contributed by atoms with van der Waals surface area (Å²) in [5.74, 6) is 1.70. The Bertz CT molecular complexity index is 1360. The topological polar surface area (TPSA) is 68.4 Å². The third-order valence-corrected chi connectivity index (χ3v) is 7.13. The van der Waals surface area contributed by atoms with Crippen LogP contribution >= 0.6 is 11.6 Å². The number of hydrogen-bond donors (Lipinski definition) is 1. The molecule has 5 nitrogen and oxygen atoms in total. The zero-order chi connectivity index (χ0) is 22.5. The molecule has 0 radical (unpaired) electrons. The molecule has 6 rings (SSSR count). The number of aromatic nitrogens is 2. The lowest BCUT2D eigenvalue weighted by Crippen LogP contribution is -2.08. The van der Waals surface area contributed by atoms with Crippen molar-refractivity contribution in [3.8, 4) is 16.9 Å². The highest BCUT2D eigenvalue weighted by molar-refractivity contribution is 6.31. The molecule has 33 heavy (non-hydrogen) atoms. The zero-order valence-electron chi connectivity index (χ0n) is 18.5. The molecule has 0 saturated heterocycles. The summed E-state index contributed by atoms with van der Waals surface area (Å²) in [5, 5.41) is 16.3. The Balaban J connectivity index is 1.43. The molecule has 4 aromatic rings. The average Bonchev–Trinajstić information content (AvgIpc) is 3.46. The van der Waals surface area contributed by atoms with E-state index in [9.17, 15) is 5.11 Å². The number of halogens is 1. The van der Waals surface area contributed by atoms with Crippen LogP contribution in [0.1, 0.15) is 66.5 Å². The van der Waals surface area contributed by atoms with Crippen molar-refractivity contribution < 1.29 is 14.4 Å². The van der Waals surface area contributed by atoms with E-state index in [4.69, 9.17) is 20.9 Å². The molecular weight excluding hydrogens is 436 g/mol. The van der Waals surface area contributed by atoms with Gasteiger partial charge in [0.1, 0.15) is 5.75 Å². The fourth-order valence-electron chi connectivity index (χ4n) is 5.18. The lowest BCUT2D eigenvalue weighted by molar-refractivity contribution is 0.174. The average molecular weight is 461 g/mol. The van der Waals surface area contributed by atoms with Crippen molar-refractivity contribution in [2.75, 3.05) is 0 Å². The van der Waals surface area contributed by atoms with E-state index < -0.39 is 6.10 Å². The van der Waals surface area contributed by atoms with Crippen molar-refractivity contribution in [1.29, 1.82) is 0 Å². The summed E-state index contributed by atoms with van der Waals surface area (Å²) in [6.07, 6.45) is 6.79. The van der Waals surface area contributed by atoms with Gasteiger partial charge in [-0.05, 0) is 67.5 Å². The molecule has 0 spiro atoms. The predicted octanol–water partition coefficient (Wildman–Crippen LogP) is 6.54. The maximum atomic E-state index is 10.3. The molecule has 0 saturated carbocycles. The van der Waals surface area contributed by atoms with Gasteiger partial charge >= 0.3 is 0 Å². The van der Waals surface area contributed by atoms with Gasteiger partial charge in [-0.3, -0.25) is 4.98 Å². The number of ether oxygens (including phenoxy) is 1. The Morgan fingerprint density at radius 2 is 2.00 bits per heavy atom. The molecule has 1 unspecified atom stereocenters. The zero-order valence-corrected chi connectivity index (χ0v) is 19.2. The second-order valence-electron chi connectivity index (χ2n) is 8.99. The molecule has 0 bridgehead atoms. The Hall–Kier alpha value is -2.89. The van der Waals surface area contributed by atoms with Crippen molar-refractivity contribution in [1.82, 2.24) is 10.1 Å². The van der Waals surface area contributed by atoms with Crippen LogP contribution in [0.25, 0.3) is 22.0 Å². The molecule has 6 heteroatoms. The number of pyridine rings is 1. The van der Waals surface area contributed by atoms with E-state index in [1.54, 1.807) is 6.20 Å². The minimum atomic E-state index is -0.493.